The first-order chi connectivity index (χ1) is 6.50. The third-order valence-electron chi connectivity index (χ3n) is 1.43. The van der Waals surface area contributed by atoms with Gasteiger partial charge in [-0.25, -0.2) is 4.79 Å². The smallest absolute Gasteiger partial charge is 0.336 e. The van der Waals surface area contributed by atoms with Crippen LogP contribution in [0.15, 0.2) is 23.1 Å². The molecule has 0 heterocycles. The van der Waals surface area contributed by atoms with E-state index in [2.05, 4.69) is 0 Å². The van der Waals surface area contributed by atoms with Crippen LogP contribution in [0.5, 0.6) is 0 Å². The summed E-state index contributed by atoms with van der Waals surface area (Å²) in [5, 5.41) is 9.05. The Kier molecular flexibility index (Phi) is 3.55. The maximum Gasteiger partial charge on any atom is 0.336 e. The number of hydrogen-bond acceptors (Lipinski definition) is 3. The quantitative estimate of drug-likeness (QED) is 0.794. The number of rotatable bonds is 2. The highest BCUT2D eigenvalue weighted by molar-refractivity contribution is 8.13. The largest absolute Gasteiger partial charge is 0.478 e. The van der Waals surface area contributed by atoms with Crippen LogP contribution in [0.25, 0.3) is 0 Å². The van der Waals surface area contributed by atoms with Gasteiger partial charge in [0, 0.05) is 16.8 Å². The van der Waals surface area contributed by atoms with Crippen molar-refractivity contribution in [1.29, 1.82) is 0 Å². The average Bonchev–Trinajstić information content (AvgIpc) is 2.01. The molecule has 14 heavy (non-hydrogen) atoms. The van der Waals surface area contributed by atoms with Gasteiger partial charge < -0.3 is 5.11 Å². The summed E-state index contributed by atoms with van der Waals surface area (Å²) in [4.78, 5) is 21.9. The minimum absolute atomic E-state index is 0.0922. The van der Waals surface area contributed by atoms with Crippen LogP contribution in [-0.2, 0) is 4.79 Å². The van der Waals surface area contributed by atoms with Crippen LogP contribution in [0.4, 0.5) is 0 Å². The van der Waals surface area contributed by atoms with E-state index in [4.69, 9.17) is 16.7 Å². The summed E-state index contributed by atoms with van der Waals surface area (Å²) in [6.45, 7) is 1.37. The normalized spacial score (nSPS) is 9.86. The fraction of sp³-hybridized carbons (Fsp3) is 0.111. The van der Waals surface area contributed by atoms with Gasteiger partial charge in [0.15, 0.2) is 5.12 Å². The predicted molar refractivity (Wildman–Crippen MR) is 54.9 cm³/mol. The van der Waals surface area contributed by atoms with Gasteiger partial charge in [0.05, 0.1) is 5.56 Å². The van der Waals surface area contributed by atoms with E-state index in [9.17, 15) is 9.59 Å². The van der Waals surface area contributed by atoms with Crippen LogP contribution in [0, 0.1) is 0 Å². The lowest BCUT2D eigenvalue weighted by molar-refractivity contribution is -0.109. The van der Waals surface area contributed by atoms with Crippen molar-refractivity contribution in [3.63, 3.8) is 0 Å². The van der Waals surface area contributed by atoms with Gasteiger partial charge in [0.2, 0.25) is 0 Å². The zero-order chi connectivity index (χ0) is 10.7. The van der Waals surface area contributed by atoms with E-state index >= 15 is 0 Å². The van der Waals surface area contributed by atoms with Crippen molar-refractivity contribution in [2.24, 2.45) is 0 Å². The van der Waals surface area contributed by atoms with Gasteiger partial charge >= 0.3 is 5.97 Å². The molecule has 0 aromatic heterocycles. The Hall–Kier alpha value is -1.00. The first-order valence-electron chi connectivity index (χ1n) is 3.72. The Morgan fingerprint density at radius 1 is 1.43 bits per heavy atom. The second-order valence-electron chi connectivity index (χ2n) is 2.54. The number of carboxylic acid groups (broad SMARTS) is 1. The number of halogens is 1. The molecule has 0 aliphatic carbocycles. The van der Waals surface area contributed by atoms with Crippen molar-refractivity contribution in [2.45, 2.75) is 11.8 Å². The molecule has 5 heteroatoms. The Bertz CT molecular complexity index is 390. The van der Waals surface area contributed by atoms with Crippen LogP contribution in [-0.4, -0.2) is 16.2 Å². The summed E-state index contributed by atoms with van der Waals surface area (Å²) in [6, 6.07) is 4.34. The monoisotopic (exact) mass is 230 g/mol. The van der Waals surface area contributed by atoms with E-state index in [0.717, 1.165) is 11.8 Å². The van der Waals surface area contributed by atoms with Crippen LogP contribution < -0.4 is 0 Å². The summed E-state index contributed by atoms with van der Waals surface area (Å²) in [5.74, 6) is -1.06. The standard InChI is InChI=1S/C9H7ClO3S/c1-5(11)14-8-4-6(10)2-3-7(8)9(12)13/h2-4H,1H3,(H,12,13). The molecule has 0 amide bonds. The van der Waals surface area contributed by atoms with Gasteiger partial charge in [0.1, 0.15) is 0 Å². The molecule has 74 valence electrons. The van der Waals surface area contributed by atoms with E-state index in [1.807, 2.05) is 0 Å². The first-order valence-corrected chi connectivity index (χ1v) is 4.91. The summed E-state index contributed by atoms with van der Waals surface area (Å²) in [5.41, 5.74) is 0.0922. The maximum atomic E-state index is 10.8. The van der Waals surface area contributed by atoms with E-state index < -0.39 is 5.97 Å². The first kappa shape index (κ1) is 11.1. The van der Waals surface area contributed by atoms with Gasteiger partial charge in [-0.3, -0.25) is 4.79 Å². The highest BCUT2D eigenvalue weighted by Crippen LogP contribution is 2.26. The third-order valence-corrected chi connectivity index (χ3v) is 2.51. The van der Waals surface area contributed by atoms with Crippen molar-refractivity contribution in [2.75, 3.05) is 0 Å². The second kappa shape index (κ2) is 4.48. The molecule has 1 aromatic rings. The highest BCUT2D eigenvalue weighted by Gasteiger charge is 2.12. The molecule has 0 unspecified atom stereocenters. The molecule has 3 nitrogen and oxygen atoms in total. The van der Waals surface area contributed by atoms with Crippen molar-refractivity contribution >= 4 is 34.4 Å². The minimum atomic E-state index is -1.06. The molecule has 0 radical (unpaired) electrons. The van der Waals surface area contributed by atoms with Gasteiger partial charge in [-0.2, -0.15) is 0 Å². The van der Waals surface area contributed by atoms with Gasteiger partial charge in [-0.05, 0) is 18.2 Å². The van der Waals surface area contributed by atoms with Crippen LogP contribution in [0.1, 0.15) is 17.3 Å². The van der Waals surface area contributed by atoms with E-state index in [-0.39, 0.29) is 10.7 Å². The van der Waals surface area contributed by atoms with Crippen LogP contribution >= 0.6 is 23.4 Å². The summed E-state index contributed by atoms with van der Waals surface area (Å²) in [6.07, 6.45) is 0. The van der Waals surface area contributed by atoms with Crippen LogP contribution in [0.2, 0.25) is 5.02 Å². The molecular weight excluding hydrogens is 224 g/mol. The second-order valence-corrected chi connectivity index (χ2v) is 4.19. The lowest BCUT2D eigenvalue weighted by Gasteiger charge is -2.03. The Morgan fingerprint density at radius 3 is 2.57 bits per heavy atom. The van der Waals surface area contributed by atoms with Crippen molar-refractivity contribution in [3.05, 3.63) is 28.8 Å². The fourth-order valence-electron chi connectivity index (χ4n) is 0.912. The number of carbonyl (C=O) groups excluding carboxylic acids is 1. The van der Waals surface area contributed by atoms with Crippen molar-refractivity contribution < 1.29 is 14.7 Å². The lowest BCUT2D eigenvalue weighted by atomic mass is 10.2. The Morgan fingerprint density at radius 2 is 2.07 bits per heavy atom. The van der Waals surface area contributed by atoms with E-state index in [1.54, 1.807) is 0 Å². The molecule has 0 saturated carbocycles. The number of aromatic carboxylic acids is 1. The third kappa shape index (κ3) is 2.75. The SMILES string of the molecule is CC(=O)Sc1cc(Cl)ccc1C(=O)O. The topological polar surface area (TPSA) is 54.4 Å². The zero-order valence-electron chi connectivity index (χ0n) is 7.28. The Labute approximate surface area is 90.1 Å². The number of carboxylic acids is 1. The molecule has 1 aromatic carbocycles. The Balaban J connectivity index is 3.15. The molecule has 0 spiro atoms. The molecule has 0 saturated heterocycles. The number of thioether (sulfide) groups is 1. The van der Waals surface area contributed by atoms with Gasteiger partial charge in [0.25, 0.3) is 0 Å². The number of benzene rings is 1. The van der Waals surface area contributed by atoms with Gasteiger partial charge in [-0.1, -0.05) is 23.4 Å². The minimum Gasteiger partial charge on any atom is -0.478 e. The molecule has 1 rings (SSSR count). The highest BCUT2D eigenvalue weighted by atomic mass is 35.5. The molecule has 0 aliphatic rings. The van der Waals surface area contributed by atoms with Crippen LogP contribution in [0.3, 0.4) is 0 Å². The van der Waals surface area contributed by atoms with Gasteiger partial charge in [-0.15, -0.1) is 0 Å². The molecule has 0 atom stereocenters. The lowest BCUT2D eigenvalue weighted by Crippen LogP contribution is -1.99. The summed E-state index contributed by atoms with van der Waals surface area (Å²) < 4.78 is 0. The fourth-order valence-corrected chi connectivity index (χ4v) is 1.91. The molecule has 1 N–H and O–H groups in total. The number of carbonyl (C=O) groups is 2. The summed E-state index contributed by atoms with van der Waals surface area (Å²) >= 11 is 6.55. The average molecular weight is 231 g/mol. The molecular formula is C9H7ClO3S. The molecule has 0 aliphatic heterocycles. The predicted octanol–water partition coefficient (Wildman–Crippen LogP) is 2.68. The van der Waals surface area contributed by atoms with E-state index in [1.165, 1.54) is 25.1 Å². The van der Waals surface area contributed by atoms with Crippen molar-refractivity contribution in [3.8, 4) is 0 Å². The molecule has 0 bridgehead atoms. The molecule has 0 fully saturated rings. The maximum absolute atomic E-state index is 10.8. The zero-order valence-corrected chi connectivity index (χ0v) is 8.85. The van der Waals surface area contributed by atoms with E-state index in [0.29, 0.717) is 9.92 Å². The van der Waals surface area contributed by atoms with Crippen molar-refractivity contribution in [1.82, 2.24) is 0 Å². The summed E-state index contributed by atoms with van der Waals surface area (Å²) in [7, 11) is 0. The number of hydrogen-bond donors (Lipinski definition) is 1.